The number of fused-ring (bicyclic) bond motifs is 6. The van der Waals surface area contributed by atoms with Gasteiger partial charge in [-0.3, -0.25) is 0 Å². The molecule has 0 N–H and O–H groups in total. The number of aromatic nitrogens is 1. The van der Waals surface area contributed by atoms with Crippen LogP contribution in [0.4, 0.5) is 11.4 Å². The van der Waals surface area contributed by atoms with Crippen LogP contribution in [0.25, 0.3) is 27.5 Å². The van der Waals surface area contributed by atoms with Gasteiger partial charge in [-0.05, 0) is 62.2 Å². The molecule has 2 nitrogen and oxygen atoms in total. The van der Waals surface area contributed by atoms with Crippen LogP contribution in [-0.2, 0) is 5.41 Å². The number of rotatable bonds is 1. The summed E-state index contributed by atoms with van der Waals surface area (Å²) >= 11 is 0. The second-order valence-corrected chi connectivity index (χ2v) is 10.7. The normalized spacial score (nSPS) is 15.0. The molecule has 0 unspecified atom stereocenters. The monoisotopic (exact) mass is 430 g/mol. The molecule has 1 aliphatic rings. The minimum Gasteiger partial charge on any atom is -0.335 e. The number of hydrogen-bond donors (Lipinski definition) is 0. The molecule has 0 spiro atoms. The fourth-order valence-corrected chi connectivity index (χ4v) is 5.79. The maximum absolute atomic E-state index is 2.58. The molecule has 0 amide bonds. The van der Waals surface area contributed by atoms with Crippen molar-refractivity contribution in [2.45, 2.75) is 45.6 Å². The highest BCUT2D eigenvalue weighted by atomic mass is 15.2. The molecule has 5 aromatic rings. The molecule has 164 valence electrons. The predicted octanol–water partition coefficient (Wildman–Crippen LogP) is 8.36. The number of para-hydroxylation sites is 3. The highest BCUT2D eigenvalue weighted by Gasteiger charge is 2.41. The van der Waals surface area contributed by atoms with E-state index in [9.17, 15) is 0 Å². The fourth-order valence-electron chi connectivity index (χ4n) is 5.79. The third kappa shape index (κ3) is 2.73. The molecular weight excluding hydrogens is 400 g/mol. The van der Waals surface area contributed by atoms with Crippen molar-refractivity contribution in [3.63, 3.8) is 0 Å². The van der Waals surface area contributed by atoms with Crippen LogP contribution in [0.3, 0.4) is 0 Å². The molecule has 0 radical (unpaired) electrons. The van der Waals surface area contributed by atoms with E-state index in [1.807, 2.05) is 0 Å². The number of anilines is 2. The van der Waals surface area contributed by atoms with Gasteiger partial charge < -0.3 is 9.47 Å². The first-order chi connectivity index (χ1) is 15.8. The third-order valence-corrected chi connectivity index (χ3v) is 7.21. The lowest BCUT2D eigenvalue weighted by atomic mass is 9.72. The van der Waals surface area contributed by atoms with E-state index in [2.05, 4.69) is 135 Å². The second-order valence-electron chi connectivity index (χ2n) is 10.7. The highest BCUT2D eigenvalue weighted by Crippen LogP contribution is 2.55. The first kappa shape index (κ1) is 20.1. The van der Waals surface area contributed by atoms with Crippen molar-refractivity contribution in [2.75, 3.05) is 4.90 Å². The topological polar surface area (TPSA) is 8.17 Å². The molecule has 0 fully saturated rings. The van der Waals surface area contributed by atoms with Crippen molar-refractivity contribution in [1.29, 1.82) is 0 Å². The van der Waals surface area contributed by atoms with E-state index in [1.165, 1.54) is 50.0 Å². The Balaban J connectivity index is 1.83. The largest absolute Gasteiger partial charge is 0.335 e. The molecule has 1 aromatic heterocycles. The molecule has 2 heterocycles. The minimum absolute atomic E-state index is 0.0778. The molecule has 0 atom stereocenters. The van der Waals surface area contributed by atoms with Crippen LogP contribution in [0.15, 0.2) is 91.0 Å². The van der Waals surface area contributed by atoms with E-state index in [1.54, 1.807) is 0 Å². The van der Waals surface area contributed by atoms with E-state index < -0.39 is 0 Å². The third-order valence-electron chi connectivity index (χ3n) is 7.21. The maximum atomic E-state index is 2.58. The summed E-state index contributed by atoms with van der Waals surface area (Å²) in [6.45, 7) is 11.7. The first-order valence-corrected chi connectivity index (χ1v) is 11.8. The molecule has 0 saturated carbocycles. The Morgan fingerprint density at radius 2 is 1.30 bits per heavy atom. The van der Waals surface area contributed by atoms with Crippen molar-refractivity contribution in [3.8, 4) is 5.69 Å². The van der Waals surface area contributed by atoms with Gasteiger partial charge in [0, 0.05) is 33.1 Å². The summed E-state index contributed by atoms with van der Waals surface area (Å²) in [5, 5.41) is 2.64. The van der Waals surface area contributed by atoms with Crippen LogP contribution >= 0.6 is 0 Å². The molecule has 0 bridgehead atoms. The van der Waals surface area contributed by atoms with E-state index >= 15 is 0 Å². The maximum Gasteiger partial charge on any atom is 0.0562 e. The number of nitrogens with zero attached hydrogens (tertiary/aromatic N) is 2. The van der Waals surface area contributed by atoms with Crippen LogP contribution in [0, 0.1) is 0 Å². The average molecular weight is 431 g/mol. The summed E-state index contributed by atoms with van der Waals surface area (Å²) in [6.07, 6.45) is 0. The zero-order valence-electron chi connectivity index (χ0n) is 20.1. The van der Waals surface area contributed by atoms with Gasteiger partial charge in [-0.25, -0.2) is 0 Å². The van der Waals surface area contributed by atoms with Gasteiger partial charge in [0.15, 0.2) is 0 Å². The van der Waals surface area contributed by atoms with Gasteiger partial charge in [0.05, 0.1) is 16.7 Å². The van der Waals surface area contributed by atoms with E-state index in [0.717, 1.165) is 0 Å². The van der Waals surface area contributed by atoms with Crippen molar-refractivity contribution in [1.82, 2.24) is 4.57 Å². The molecule has 33 heavy (non-hydrogen) atoms. The van der Waals surface area contributed by atoms with Crippen molar-refractivity contribution in [2.24, 2.45) is 0 Å². The van der Waals surface area contributed by atoms with E-state index in [4.69, 9.17) is 0 Å². The van der Waals surface area contributed by atoms with E-state index in [0.29, 0.717) is 0 Å². The second kappa shape index (κ2) is 6.74. The van der Waals surface area contributed by atoms with Gasteiger partial charge in [0.2, 0.25) is 0 Å². The Morgan fingerprint density at radius 1 is 0.636 bits per heavy atom. The minimum atomic E-state index is -0.0855. The van der Waals surface area contributed by atoms with Crippen molar-refractivity contribution in [3.05, 3.63) is 102 Å². The van der Waals surface area contributed by atoms with Crippen LogP contribution in [0.1, 0.15) is 45.7 Å². The Kier molecular flexibility index (Phi) is 4.11. The summed E-state index contributed by atoms with van der Waals surface area (Å²) in [5.74, 6) is 0. The Hall–Kier alpha value is -3.52. The van der Waals surface area contributed by atoms with Gasteiger partial charge in [-0.15, -0.1) is 0 Å². The summed E-state index contributed by atoms with van der Waals surface area (Å²) < 4.78 is 2.42. The van der Waals surface area contributed by atoms with Crippen LogP contribution in [0.5, 0.6) is 0 Å². The molecular formula is C31H30N2. The average Bonchev–Trinajstić information content (AvgIpc) is 3.13. The quantitative estimate of drug-likeness (QED) is 0.259. The Morgan fingerprint density at radius 3 is 2.06 bits per heavy atom. The Bertz CT molecular complexity index is 1510. The summed E-state index contributed by atoms with van der Waals surface area (Å²) in [6, 6.07) is 33.2. The lowest BCUT2D eigenvalue weighted by Crippen LogP contribution is -2.43. The smallest absolute Gasteiger partial charge is 0.0562 e. The van der Waals surface area contributed by atoms with Crippen molar-refractivity contribution < 1.29 is 0 Å². The summed E-state index contributed by atoms with van der Waals surface area (Å²) in [4.78, 5) is 2.58. The zero-order valence-corrected chi connectivity index (χ0v) is 20.1. The first-order valence-electron chi connectivity index (χ1n) is 11.8. The molecule has 0 aliphatic carbocycles. The van der Waals surface area contributed by atoms with Crippen LogP contribution in [-0.4, -0.2) is 10.1 Å². The molecule has 0 saturated heterocycles. The SMILES string of the molecule is CC1(C)c2ccccc2N(C(C)(C)C)c2c1ccc1c2c2ccccc2n1-c1ccccc1. The lowest BCUT2D eigenvalue weighted by Gasteiger charge is -2.48. The zero-order chi connectivity index (χ0) is 23.0. The molecule has 4 aromatic carbocycles. The number of benzene rings is 4. The van der Waals surface area contributed by atoms with E-state index in [-0.39, 0.29) is 11.0 Å². The Labute approximate surface area is 196 Å². The highest BCUT2D eigenvalue weighted by molar-refractivity contribution is 6.17. The van der Waals surface area contributed by atoms with Crippen molar-refractivity contribution >= 4 is 33.2 Å². The summed E-state index contributed by atoms with van der Waals surface area (Å²) in [5.41, 5.74) is 8.97. The van der Waals surface area contributed by atoms with Gasteiger partial charge in [-0.2, -0.15) is 0 Å². The van der Waals surface area contributed by atoms with Crippen LogP contribution in [0.2, 0.25) is 0 Å². The van der Waals surface area contributed by atoms with Gasteiger partial charge >= 0.3 is 0 Å². The molecule has 6 rings (SSSR count). The van der Waals surface area contributed by atoms with Crippen LogP contribution < -0.4 is 4.90 Å². The van der Waals surface area contributed by atoms with Gasteiger partial charge in [-0.1, -0.05) is 74.5 Å². The summed E-state index contributed by atoms with van der Waals surface area (Å²) in [7, 11) is 0. The predicted molar refractivity (Wildman–Crippen MR) is 141 cm³/mol. The standard InChI is InChI=1S/C31H30N2/c1-30(2,3)33-26-18-12-10-16-23(26)31(4,5)24-19-20-27-28(29(24)33)22-15-9-11-17-25(22)32(27)21-13-7-6-8-14-21/h6-20H,1-5H3. The van der Waals surface area contributed by atoms with Gasteiger partial charge in [0.1, 0.15) is 0 Å². The lowest BCUT2D eigenvalue weighted by molar-refractivity contribution is 0.532. The fraction of sp³-hybridized carbons (Fsp3) is 0.226. The molecule has 1 aliphatic heterocycles. The molecule has 2 heteroatoms. The number of hydrogen-bond acceptors (Lipinski definition) is 1. The van der Waals surface area contributed by atoms with Gasteiger partial charge in [0.25, 0.3) is 0 Å².